The van der Waals surface area contributed by atoms with Crippen LogP contribution in [0.4, 0.5) is 0 Å². The Morgan fingerprint density at radius 3 is 2.57 bits per heavy atom. The van der Waals surface area contributed by atoms with E-state index in [0.717, 1.165) is 12.6 Å². The van der Waals surface area contributed by atoms with E-state index in [-0.39, 0.29) is 0 Å². The van der Waals surface area contributed by atoms with E-state index in [2.05, 4.69) is 12.2 Å². The molecular weight excluding hydrogens is 174 g/mol. The maximum Gasteiger partial charge on any atom is 0.0493 e. The van der Waals surface area contributed by atoms with Crippen molar-refractivity contribution < 1.29 is 4.74 Å². The van der Waals surface area contributed by atoms with Gasteiger partial charge in [-0.15, -0.1) is 0 Å². The first-order valence-corrected chi connectivity index (χ1v) is 5.99. The molecule has 0 amide bonds. The van der Waals surface area contributed by atoms with Crippen molar-refractivity contribution in [1.82, 2.24) is 5.32 Å². The molecule has 0 aromatic heterocycles. The third-order valence-corrected chi connectivity index (χ3v) is 4.13. The van der Waals surface area contributed by atoms with Crippen LogP contribution < -0.4 is 5.32 Å². The van der Waals surface area contributed by atoms with E-state index in [9.17, 15) is 0 Å². The second kappa shape index (κ2) is 4.19. The van der Waals surface area contributed by atoms with Crippen LogP contribution in [0.5, 0.6) is 0 Å². The van der Waals surface area contributed by atoms with Crippen molar-refractivity contribution in [3.63, 3.8) is 0 Å². The fourth-order valence-electron chi connectivity index (χ4n) is 2.54. The molecule has 0 heterocycles. The molecule has 2 heteroatoms. The lowest BCUT2D eigenvalue weighted by Crippen LogP contribution is -2.46. The van der Waals surface area contributed by atoms with E-state index in [4.69, 9.17) is 4.74 Å². The van der Waals surface area contributed by atoms with Crippen molar-refractivity contribution in [2.75, 3.05) is 20.3 Å². The summed E-state index contributed by atoms with van der Waals surface area (Å²) in [6.07, 6.45) is 7.01. The third kappa shape index (κ3) is 2.12. The molecule has 1 unspecified atom stereocenters. The minimum Gasteiger partial charge on any atom is -0.384 e. The maximum absolute atomic E-state index is 5.28. The molecule has 0 aromatic carbocycles. The zero-order valence-electron chi connectivity index (χ0n) is 9.51. The lowest BCUT2D eigenvalue weighted by molar-refractivity contribution is 0.00891. The minimum absolute atomic E-state index is 0.568. The zero-order chi connectivity index (χ0) is 10.0. The summed E-state index contributed by atoms with van der Waals surface area (Å²) in [5.74, 6) is 0.715. The molecule has 2 nitrogen and oxygen atoms in total. The molecule has 1 N–H and O–H groups in total. The van der Waals surface area contributed by atoms with Gasteiger partial charge in [0.05, 0.1) is 0 Å². The third-order valence-electron chi connectivity index (χ3n) is 4.13. The minimum atomic E-state index is 0.568. The van der Waals surface area contributed by atoms with Crippen molar-refractivity contribution >= 4 is 0 Å². The molecule has 2 aliphatic carbocycles. The highest BCUT2D eigenvalue weighted by Gasteiger charge is 2.42. The standard InChI is InChI=1S/C12H23NO/c1-10(8-14-2)12(6-3-7-12)9-13-11-4-5-11/h10-11,13H,3-9H2,1-2H3. The summed E-state index contributed by atoms with van der Waals surface area (Å²) >= 11 is 0. The van der Waals surface area contributed by atoms with Crippen LogP contribution in [0.3, 0.4) is 0 Å². The van der Waals surface area contributed by atoms with Gasteiger partial charge in [-0.1, -0.05) is 13.3 Å². The van der Waals surface area contributed by atoms with Crippen molar-refractivity contribution in [2.45, 2.75) is 45.1 Å². The molecule has 0 aromatic rings. The number of rotatable bonds is 6. The van der Waals surface area contributed by atoms with E-state index in [1.165, 1.54) is 38.6 Å². The Kier molecular flexibility index (Phi) is 3.13. The number of ether oxygens (including phenoxy) is 1. The number of hydrogen-bond donors (Lipinski definition) is 1. The van der Waals surface area contributed by atoms with Gasteiger partial charge in [0.15, 0.2) is 0 Å². The van der Waals surface area contributed by atoms with Crippen LogP contribution >= 0.6 is 0 Å². The molecular formula is C12H23NO. The summed E-state index contributed by atoms with van der Waals surface area (Å²) < 4.78 is 5.28. The van der Waals surface area contributed by atoms with E-state index < -0.39 is 0 Å². The first kappa shape index (κ1) is 10.4. The summed E-state index contributed by atoms with van der Waals surface area (Å²) in [5.41, 5.74) is 0.568. The maximum atomic E-state index is 5.28. The van der Waals surface area contributed by atoms with Crippen LogP contribution in [0.1, 0.15) is 39.0 Å². The lowest BCUT2D eigenvalue weighted by atomic mass is 9.61. The van der Waals surface area contributed by atoms with Gasteiger partial charge in [-0.3, -0.25) is 0 Å². The summed E-state index contributed by atoms with van der Waals surface area (Å²) in [6, 6.07) is 0.849. The molecule has 2 saturated carbocycles. The monoisotopic (exact) mass is 197 g/mol. The second-order valence-corrected chi connectivity index (χ2v) is 5.23. The van der Waals surface area contributed by atoms with E-state index in [0.29, 0.717) is 11.3 Å². The van der Waals surface area contributed by atoms with Crippen LogP contribution in [0.2, 0.25) is 0 Å². The smallest absolute Gasteiger partial charge is 0.0493 e. The zero-order valence-corrected chi connectivity index (χ0v) is 9.51. The van der Waals surface area contributed by atoms with Gasteiger partial charge in [0.2, 0.25) is 0 Å². The van der Waals surface area contributed by atoms with Crippen LogP contribution in [0.25, 0.3) is 0 Å². The molecule has 14 heavy (non-hydrogen) atoms. The summed E-state index contributed by atoms with van der Waals surface area (Å²) in [4.78, 5) is 0. The molecule has 2 rings (SSSR count). The van der Waals surface area contributed by atoms with Crippen LogP contribution in [0.15, 0.2) is 0 Å². The molecule has 1 atom stereocenters. The van der Waals surface area contributed by atoms with Gasteiger partial charge >= 0.3 is 0 Å². The fourth-order valence-corrected chi connectivity index (χ4v) is 2.54. The van der Waals surface area contributed by atoms with Crippen LogP contribution in [-0.2, 0) is 4.74 Å². The molecule has 2 fully saturated rings. The molecule has 0 aliphatic heterocycles. The number of hydrogen-bond acceptors (Lipinski definition) is 2. The predicted molar refractivity (Wildman–Crippen MR) is 58.3 cm³/mol. The first-order chi connectivity index (χ1) is 6.77. The average molecular weight is 197 g/mol. The van der Waals surface area contributed by atoms with Gasteiger partial charge in [0.1, 0.15) is 0 Å². The van der Waals surface area contributed by atoms with E-state index >= 15 is 0 Å². The van der Waals surface area contributed by atoms with Crippen molar-refractivity contribution in [2.24, 2.45) is 11.3 Å². The Morgan fingerprint density at radius 2 is 2.14 bits per heavy atom. The Bertz CT molecular complexity index is 185. The summed E-state index contributed by atoms with van der Waals surface area (Å²) in [5, 5.41) is 3.68. The highest BCUT2D eigenvalue weighted by atomic mass is 16.5. The van der Waals surface area contributed by atoms with Gasteiger partial charge in [-0.25, -0.2) is 0 Å². The SMILES string of the molecule is COCC(C)C1(CNC2CC2)CCC1. The Labute approximate surface area is 87.4 Å². The van der Waals surface area contributed by atoms with Gasteiger partial charge < -0.3 is 10.1 Å². The highest BCUT2D eigenvalue weighted by molar-refractivity contribution is 4.95. The molecule has 0 saturated heterocycles. The second-order valence-electron chi connectivity index (χ2n) is 5.23. The predicted octanol–water partition coefficient (Wildman–Crippen LogP) is 2.19. The van der Waals surface area contributed by atoms with E-state index in [1.54, 1.807) is 0 Å². The lowest BCUT2D eigenvalue weighted by Gasteiger charge is -2.47. The van der Waals surface area contributed by atoms with Gasteiger partial charge in [-0.05, 0) is 37.0 Å². The quantitative estimate of drug-likeness (QED) is 0.705. The highest BCUT2D eigenvalue weighted by Crippen LogP contribution is 2.47. The van der Waals surface area contributed by atoms with Gasteiger partial charge in [0, 0.05) is 26.3 Å². The first-order valence-electron chi connectivity index (χ1n) is 5.99. The van der Waals surface area contributed by atoms with Crippen molar-refractivity contribution in [3.8, 4) is 0 Å². The normalized spacial score (nSPS) is 27.0. The molecule has 2 aliphatic rings. The largest absolute Gasteiger partial charge is 0.384 e. The van der Waals surface area contributed by atoms with Crippen molar-refractivity contribution in [3.05, 3.63) is 0 Å². The molecule has 82 valence electrons. The van der Waals surface area contributed by atoms with Gasteiger partial charge in [0.25, 0.3) is 0 Å². The molecule has 0 bridgehead atoms. The van der Waals surface area contributed by atoms with Crippen LogP contribution in [0, 0.1) is 11.3 Å². The average Bonchev–Trinajstić information content (AvgIpc) is 2.86. The van der Waals surface area contributed by atoms with E-state index in [1.807, 2.05) is 7.11 Å². The molecule has 0 radical (unpaired) electrons. The van der Waals surface area contributed by atoms with Crippen molar-refractivity contribution in [1.29, 1.82) is 0 Å². The summed E-state index contributed by atoms with van der Waals surface area (Å²) in [7, 11) is 1.82. The Balaban J connectivity index is 1.80. The van der Waals surface area contributed by atoms with Gasteiger partial charge in [-0.2, -0.15) is 0 Å². The number of nitrogens with one attached hydrogen (secondary N) is 1. The summed E-state index contributed by atoms with van der Waals surface area (Å²) in [6.45, 7) is 4.49. The van der Waals surface area contributed by atoms with Crippen LogP contribution in [-0.4, -0.2) is 26.3 Å². The fraction of sp³-hybridized carbons (Fsp3) is 1.00. The molecule has 0 spiro atoms. The topological polar surface area (TPSA) is 21.3 Å². The Hall–Kier alpha value is -0.0800. The Morgan fingerprint density at radius 1 is 1.43 bits per heavy atom. The number of methoxy groups -OCH3 is 1.